The summed E-state index contributed by atoms with van der Waals surface area (Å²) in [5.74, 6) is 0.960. The van der Waals surface area contributed by atoms with Crippen molar-refractivity contribution in [2.75, 3.05) is 6.16 Å². The monoisotopic (exact) mass is 217 g/mol. The van der Waals surface area contributed by atoms with Crippen LogP contribution in [0.15, 0.2) is 0 Å². The molecule has 0 aromatic rings. The van der Waals surface area contributed by atoms with E-state index in [1.807, 2.05) is 0 Å². The predicted octanol–water partition coefficient (Wildman–Crippen LogP) is 4.41. The lowest BCUT2D eigenvalue weighted by atomic mass is 9.99. The summed E-state index contributed by atoms with van der Waals surface area (Å²) in [6, 6.07) is 0. The Labute approximate surface area is 85.3 Å². The van der Waals surface area contributed by atoms with Crippen LogP contribution < -0.4 is 0 Å². The summed E-state index contributed by atoms with van der Waals surface area (Å²) in [4.78, 5) is 0. The minimum Gasteiger partial charge on any atom is -0.269 e. The highest BCUT2D eigenvalue weighted by molar-refractivity contribution is 7.16. The summed E-state index contributed by atoms with van der Waals surface area (Å²) in [5.41, 5.74) is 0. The van der Waals surface area contributed by atoms with Gasteiger partial charge in [-0.1, -0.05) is 46.0 Å². The summed E-state index contributed by atoms with van der Waals surface area (Å²) in [6.45, 7) is 4.66. The smallest absolute Gasteiger partial charge is 0 e. The van der Waals surface area contributed by atoms with Crippen LogP contribution in [0, 0.1) is 5.92 Å². The number of rotatable bonds is 7. The van der Waals surface area contributed by atoms with E-state index in [0.29, 0.717) is 0 Å². The van der Waals surface area contributed by atoms with Crippen molar-refractivity contribution in [3.05, 3.63) is 0 Å². The molecule has 0 aromatic heterocycles. The first kappa shape index (κ1) is 19.0. The van der Waals surface area contributed by atoms with Crippen molar-refractivity contribution in [1.82, 2.24) is 0 Å². The molecule has 0 heterocycles. The van der Waals surface area contributed by atoms with Crippen LogP contribution >= 0.6 is 9.24 Å². The van der Waals surface area contributed by atoms with Crippen LogP contribution in [0.4, 0.5) is 9.41 Å². The van der Waals surface area contributed by atoms with Crippen LogP contribution in [0.3, 0.4) is 0 Å². The van der Waals surface area contributed by atoms with Crippen LogP contribution in [-0.2, 0) is 0 Å². The average molecular weight is 217 g/mol. The molecule has 0 saturated carbocycles. The molecule has 3 heteroatoms. The van der Waals surface area contributed by atoms with Crippen molar-refractivity contribution in [1.29, 1.82) is 0 Å². The van der Waals surface area contributed by atoms with Crippen LogP contribution in [-0.4, -0.2) is 6.16 Å². The zero-order valence-corrected chi connectivity index (χ0v) is 10.1. The van der Waals surface area contributed by atoms with Gasteiger partial charge >= 0.3 is 0 Å². The summed E-state index contributed by atoms with van der Waals surface area (Å²) < 4.78 is 0. The maximum absolute atomic E-state index is 2.80. The highest BCUT2D eigenvalue weighted by atomic mass is 31.0. The van der Waals surface area contributed by atoms with E-state index in [9.17, 15) is 0 Å². The lowest BCUT2D eigenvalue weighted by molar-refractivity contribution is 0.461. The molecule has 0 bridgehead atoms. The molecule has 0 radical (unpaired) electrons. The average Bonchev–Trinajstić information content (AvgIpc) is 2.01. The summed E-state index contributed by atoms with van der Waals surface area (Å²) in [7, 11) is 2.80. The largest absolute Gasteiger partial charge is 0.269 e. The van der Waals surface area contributed by atoms with Crippen molar-refractivity contribution in [3.63, 3.8) is 0 Å². The minimum absolute atomic E-state index is 0. The van der Waals surface area contributed by atoms with Gasteiger partial charge in [0.1, 0.15) is 0 Å². The lowest BCUT2D eigenvalue weighted by Gasteiger charge is -2.09. The van der Waals surface area contributed by atoms with E-state index in [4.69, 9.17) is 0 Å². The third-order valence-corrected chi connectivity index (χ3v) is 2.61. The first-order valence-electron chi connectivity index (χ1n) is 5.01. The maximum Gasteiger partial charge on any atom is 0 e. The van der Waals surface area contributed by atoms with Gasteiger partial charge in [0, 0.05) is 1.43 Å². The highest BCUT2D eigenvalue weighted by Gasteiger charge is 1.99. The molecule has 0 aromatic carbocycles. The minimum atomic E-state index is 0. The molecule has 2 unspecified atom stereocenters. The second kappa shape index (κ2) is 14.8. The van der Waals surface area contributed by atoms with E-state index in [1.165, 1.54) is 44.7 Å². The van der Waals surface area contributed by atoms with Crippen molar-refractivity contribution in [2.45, 2.75) is 52.4 Å². The predicted molar refractivity (Wildman–Crippen MR) is 64.2 cm³/mol. The second-order valence-corrected chi connectivity index (χ2v) is 4.11. The van der Waals surface area contributed by atoms with E-state index in [1.54, 1.807) is 0 Å². The molecule has 0 aliphatic carbocycles. The molecule has 0 aliphatic heterocycles. The van der Waals surface area contributed by atoms with Gasteiger partial charge in [0.15, 0.2) is 0 Å². The fraction of sp³-hybridized carbons (Fsp3) is 1.00. The molecule has 0 fully saturated rings. The maximum atomic E-state index is 2.80. The van der Waals surface area contributed by atoms with Crippen LogP contribution in [0.5, 0.6) is 0 Å². The van der Waals surface area contributed by atoms with Crippen LogP contribution in [0.2, 0.25) is 0 Å². The lowest BCUT2D eigenvalue weighted by Crippen LogP contribution is -1.94. The fourth-order valence-electron chi connectivity index (χ4n) is 1.35. The van der Waals surface area contributed by atoms with Gasteiger partial charge in [-0.25, -0.2) is 0 Å². The Kier molecular flexibility index (Phi) is 21.6. The van der Waals surface area contributed by atoms with Gasteiger partial charge in [0.05, 0.1) is 0 Å². The Morgan fingerprint density at radius 1 is 1.08 bits per heavy atom. The van der Waals surface area contributed by atoms with Gasteiger partial charge in [0.25, 0.3) is 0 Å². The molecule has 0 saturated heterocycles. The summed E-state index contributed by atoms with van der Waals surface area (Å²) in [5, 5.41) is 0. The quantitative estimate of drug-likeness (QED) is 0.437. The van der Waals surface area contributed by atoms with E-state index in [-0.39, 0.29) is 10.8 Å². The molecule has 0 N–H and O–H groups in total. The molecular formula is C10H27F2P. The number of unbranched alkanes of at least 4 members (excludes halogenated alkanes) is 2. The molecule has 86 valence electrons. The zero-order chi connectivity index (χ0) is 8.53. The Morgan fingerprint density at radius 2 is 1.62 bits per heavy atom. The molecule has 0 aliphatic rings. The van der Waals surface area contributed by atoms with Gasteiger partial charge in [0.2, 0.25) is 0 Å². The van der Waals surface area contributed by atoms with Gasteiger partial charge in [-0.15, -0.1) is 9.24 Å². The third kappa shape index (κ3) is 15.1. The first-order valence-corrected chi connectivity index (χ1v) is 5.83. The van der Waals surface area contributed by atoms with Gasteiger partial charge < -0.3 is 0 Å². The van der Waals surface area contributed by atoms with Gasteiger partial charge in [-0.2, -0.15) is 0 Å². The Balaban J connectivity index is -0.000000167. The van der Waals surface area contributed by atoms with Crippen LogP contribution in [0.1, 0.15) is 53.8 Å². The number of hydrogen-bond donors (Lipinski definition) is 0. The van der Waals surface area contributed by atoms with Crippen molar-refractivity contribution >= 4 is 9.24 Å². The van der Waals surface area contributed by atoms with Crippen molar-refractivity contribution in [3.8, 4) is 0 Å². The standard InChI is InChI=1S/C10H23P.2FH.H2/c1-3-4-5-7-10(2)8-6-9-11;;;/h10H,3-9,11H2,1-2H3;3*1H/i;;;1+1. The number of hydrogen-bond acceptors (Lipinski definition) is 0. The summed E-state index contributed by atoms with van der Waals surface area (Å²) in [6.07, 6.45) is 9.75. The third-order valence-electron chi connectivity index (χ3n) is 2.20. The number of halogens is 2. The molecule has 0 amide bonds. The Hall–Kier alpha value is 0.290. The Bertz CT molecular complexity index is 84.5. The summed E-state index contributed by atoms with van der Waals surface area (Å²) >= 11 is 0. The molecule has 2 atom stereocenters. The molecular weight excluding hydrogens is 189 g/mol. The fourth-order valence-corrected chi connectivity index (χ4v) is 1.59. The van der Waals surface area contributed by atoms with E-state index < -0.39 is 0 Å². The topological polar surface area (TPSA) is 0 Å². The molecule has 13 heavy (non-hydrogen) atoms. The Morgan fingerprint density at radius 3 is 2.08 bits per heavy atom. The van der Waals surface area contributed by atoms with Crippen molar-refractivity contribution in [2.24, 2.45) is 5.92 Å². The second-order valence-electron chi connectivity index (χ2n) is 3.53. The normalized spacial score (nSPS) is 11.3. The molecule has 0 rings (SSSR count). The van der Waals surface area contributed by atoms with E-state index in [0.717, 1.165) is 5.92 Å². The molecule has 0 nitrogen and oxygen atoms in total. The SMILES string of the molecule is CCCCCC(C)CCCP.F.F.[2HH]. The van der Waals surface area contributed by atoms with E-state index in [2.05, 4.69) is 23.1 Å². The first-order chi connectivity index (χ1) is 5.31. The molecule has 0 spiro atoms. The van der Waals surface area contributed by atoms with E-state index >= 15 is 0 Å². The van der Waals surface area contributed by atoms with Gasteiger partial charge in [-0.3, -0.25) is 9.41 Å². The van der Waals surface area contributed by atoms with Crippen molar-refractivity contribution < 1.29 is 10.8 Å². The highest BCUT2D eigenvalue weighted by Crippen LogP contribution is 2.15. The van der Waals surface area contributed by atoms with Crippen LogP contribution in [0.25, 0.3) is 0 Å². The van der Waals surface area contributed by atoms with Gasteiger partial charge in [-0.05, 0) is 18.5 Å². The zero-order valence-electron chi connectivity index (χ0n) is 8.92.